The number of para-hydroxylation sites is 3. The third-order valence-corrected chi connectivity index (χ3v) is 9.23. The van der Waals surface area contributed by atoms with Crippen LogP contribution < -0.4 is 15.1 Å². The second-order valence-corrected chi connectivity index (χ2v) is 13.3. The van der Waals surface area contributed by atoms with E-state index in [1.165, 1.54) is 16.8 Å². The largest absolute Gasteiger partial charge is 0.376 e. The highest BCUT2D eigenvalue weighted by atomic mass is 15.2. The molecule has 5 aromatic rings. The van der Waals surface area contributed by atoms with Gasteiger partial charge in [0.1, 0.15) is 0 Å². The molecule has 0 saturated heterocycles. The number of nitrogens with one attached hydrogen (secondary N) is 1. The van der Waals surface area contributed by atoms with Gasteiger partial charge in [-0.25, -0.2) is 0 Å². The smallest absolute Gasteiger partial charge is 0.0604 e. The van der Waals surface area contributed by atoms with E-state index in [0.29, 0.717) is 5.92 Å². The van der Waals surface area contributed by atoms with E-state index in [1.54, 1.807) is 0 Å². The van der Waals surface area contributed by atoms with E-state index in [-0.39, 0.29) is 17.1 Å². The van der Waals surface area contributed by atoms with Crippen LogP contribution in [0.5, 0.6) is 0 Å². The van der Waals surface area contributed by atoms with Crippen LogP contribution in [0.1, 0.15) is 45.7 Å². The lowest BCUT2D eigenvalue weighted by molar-refractivity contribution is 0.412. The van der Waals surface area contributed by atoms with Gasteiger partial charge in [0.2, 0.25) is 0 Å². The van der Waals surface area contributed by atoms with Gasteiger partial charge in [-0.1, -0.05) is 110 Å². The fourth-order valence-electron chi connectivity index (χ4n) is 6.65. The molecule has 0 fully saturated rings. The van der Waals surface area contributed by atoms with E-state index in [4.69, 9.17) is 0 Å². The van der Waals surface area contributed by atoms with Gasteiger partial charge in [-0.3, -0.25) is 0 Å². The van der Waals surface area contributed by atoms with Crippen LogP contribution in [-0.2, 0) is 11.1 Å². The third kappa shape index (κ3) is 6.50. The molecule has 0 saturated carbocycles. The molecule has 1 N–H and O–H groups in total. The van der Waals surface area contributed by atoms with Crippen molar-refractivity contribution < 1.29 is 0 Å². The lowest BCUT2D eigenvalue weighted by atomic mass is 9.85. The lowest BCUT2D eigenvalue weighted by Crippen LogP contribution is -2.50. The number of allylic oxidation sites excluding steroid dienone is 2. The molecule has 2 atom stereocenters. The van der Waals surface area contributed by atoms with Crippen LogP contribution in [-0.4, -0.2) is 6.04 Å². The van der Waals surface area contributed by atoms with Gasteiger partial charge in [-0.2, -0.15) is 0 Å². The molecule has 1 aliphatic rings. The second kappa shape index (κ2) is 13.1. The molecule has 0 amide bonds. The molecular formula is C43H45N3. The number of anilines is 5. The fourth-order valence-corrected chi connectivity index (χ4v) is 6.65. The van der Waals surface area contributed by atoms with Crippen molar-refractivity contribution in [3.63, 3.8) is 0 Å². The first-order chi connectivity index (χ1) is 22.2. The first-order valence-electron chi connectivity index (χ1n) is 16.3. The van der Waals surface area contributed by atoms with Crippen LogP contribution in [0.2, 0.25) is 0 Å². The highest BCUT2D eigenvalue weighted by molar-refractivity contribution is 5.76. The average Bonchev–Trinajstić information content (AvgIpc) is 3.08. The van der Waals surface area contributed by atoms with Crippen molar-refractivity contribution in [2.45, 2.75) is 51.7 Å². The predicted molar refractivity (Wildman–Crippen MR) is 197 cm³/mol. The zero-order valence-corrected chi connectivity index (χ0v) is 27.6. The van der Waals surface area contributed by atoms with Gasteiger partial charge in [-0.15, -0.1) is 0 Å². The maximum Gasteiger partial charge on any atom is 0.0604 e. The third-order valence-electron chi connectivity index (χ3n) is 9.23. The summed E-state index contributed by atoms with van der Waals surface area (Å²) < 4.78 is 0. The summed E-state index contributed by atoms with van der Waals surface area (Å²) in [5.74, 6) is 0.407. The molecule has 0 aromatic heterocycles. The van der Waals surface area contributed by atoms with Crippen LogP contribution >= 0.6 is 0 Å². The molecule has 0 heterocycles. The lowest BCUT2D eigenvalue weighted by Gasteiger charge is -2.47. The van der Waals surface area contributed by atoms with Crippen LogP contribution in [0.25, 0.3) is 0 Å². The number of hydrogen-bond acceptors (Lipinski definition) is 3. The van der Waals surface area contributed by atoms with Crippen LogP contribution in [0.4, 0.5) is 28.4 Å². The Hall–Kier alpha value is -5.02. The van der Waals surface area contributed by atoms with Crippen LogP contribution in [0, 0.1) is 5.92 Å². The number of rotatable bonds is 10. The molecule has 2 unspecified atom stereocenters. The summed E-state index contributed by atoms with van der Waals surface area (Å²) in [6.45, 7) is 11.5. The molecule has 232 valence electrons. The van der Waals surface area contributed by atoms with Crippen molar-refractivity contribution in [2.24, 2.45) is 5.92 Å². The zero-order chi connectivity index (χ0) is 32.1. The molecule has 46 heavy (non-hydrogen) atoms. The van der Waals surface area contributed by atoms with E-state index in [1.807, 2.05) is 0 Å². The van der Waals surface area contributed by atoms with Crippen LogP contribution in [0.15, 0.2) is 164 Å². The molecule has 6 rings (SSSR count). The second-order valence-electron chi connectivity index (χ2n) is 13.3. The molecule has 3 nitrogen and oxygen atoms in total. The van der Waals surface area contributed by atoms with Crippen molar-refractivity contribution in [3.05, 3.63) is 175 Å². The molecule has 0 radical (unpaired) electrons. The van der Waals surface area contributed by atoms with Gasteiger partial charge in [0.05, 0.1) is 17.1 Å². The summed E-state index contributed by atoms with van der Waals surface area (Å²) in [7, 11) is 0. The summed E-state index contributed by atoms with van der Waals surface area (Å²) in [5.41, 5.74) is 7.73. The van der Waals surface area contributed by atoms with Gasteiger partial charge in [0.25, 0.3) is 0 Å². The molecule has 0 aliphatic heterocycles. The van der Waals surface area contributed by atoms with Gasteiger partial charge in [0.15, 0.2) is 0 Å². The topological polar surface area (TPSA) is 18.5 Å². The maximum atomic E-state index is 3.81. The highest BCUT2D eigenvalue weighted by Gasteiger charge is 2.36. The minimum absolute atomic E-state index is 0.233. The summed E-state index contributed by atoms with van der Waals surface area (Å²) in [6, 6.07) is 50.1. The molecule has 1 aliphatic carbocycles. The van der Waals surface area contributed by atoms with Gasteiger partial charge < -0.3 is 15.1 Å². The normalized spacial score (nSPS) is 16.2. The maximum absolute atomic E-state index is 3.81. The number of nitrogens with zero attached hydrogens (tertiary/aromatic N) is 2. The Balaban J connectivity index is 1.23. The first-order valence-corrected chi connectivity index (χ1v) is 16.3. The fraction of sp³-hybridized carbons (Fsp3) is 0.209. The minimum atomic E-state index is -0.273. The monoisotopic (exact) mass is 603 g/mol. The minimum Gasteiger partial charge on any atom is -0.376 e. The zero-order valence-electron chi connectivity index (χ0n) is 27.6. The summed E-state index contributed by atoms with van der Waals surface area (Å²) >= 11 is 0. The molecule has 3 heteroatoms. The Labute approximate surface area is 275 Å². The predicted octanol–water partition coefficient (Wildman–Crippen LogP) is 11.4. The van der Waals surface area contributed by atoms with Gasteiger partial charge in [0, 0.05) is 28.4 Å². The number of benzene rings is 5. The molecule has 5 aromatic carbocycles. The Morgan fingerprint density at radius 2 is 0.957 bits per heavy atom. The molecule has 0 spiro atoms. The standard InChI is InChI=1S/C43H45N3/c1-33-17-15-16-24-41(33)46(40-22-13-8-14-23-40)43(4,5)35-25-29-36(30-26-35)44-42(2,3)34-27-31-39(32-28-34)45(37-18-9-6-10-19-37)38-20-11-7-12-21-38/h6-33,41,44H,1-5H3. The quantitative estimate of drug-likeness (QED) is 0.171. The van der Waals surface area contributed by atoms with E-state index >= 15 is 0 Å². The average molecular weight is 604 g/mol. The summed E-state index contributed by atoms with van der Waals surface area (Å²) in [5, 5.41) is 3.81. The SMILES string of the molecule is CC1C=CC=CC1N(c1ccccc1)C(C)(C)c1ccc(NC(C)(C)c2ccc(N(c3ccccc3)c3ccccc3)cc2)cc1. The highest BCUT2D eigenvalue weighted by Crippen LogP contribution is 2.39. The van der Waals surface area contributed by atoms with Crippen molar-refractivity contribution in [2.75, 3.05) is 15.1 Å². The van der Waals surface area contributed by atoms with E-state index in [0.717, 1.165) is 22.7 Å². The van der Waals surface area contributed by atoms with Crippen molar-refractivity contribution in [3.8, 4) is 0 Å². The molecule has 0 bridgehead atoms. The Kier molecular flexibility index (Phi) is 8.85. The Bertz CT molecular complexity index is 1710. The van der Waals surface area contributed by atoms with Crippen LogP contribution in [0.3, 0.4) is 0 Å². The summed E-state index contributed by atoms with van der Waals surface area (Å²) in [6.07, 6.45) is 8.98. The van der Waals surface area contributed by atoms with E-state index < -0.39 is 0 Å². The van der Waals surface area contributed by atoms with Gasteiger partial charge >= 0.3 is 0 Å². The van der Waals surface area contributed by atoms with Crippen molar-refractivity contribution >= 4 is 28.4 Å². The van der Waals surface area contributed by atoms with E-state index in [2.05, 4.69) is 214 Å². The van der Waals surface area contributed by atoms with E-state index in [9.17, 15) is 0 Å². The summed E-state index contributed by atoms with van der Waals surface area (Å²) in [4.78, 5) is 4.86. The van der Waals surface area contributed by atoms with Crippen molar-refractivity contribution in [1.29, 1.82) is 0 Å². The Morgan fingerprint density at radius 1 is 0.500 bits per heavy atom. The van der Waals surface area contributed by atoms with Gasteiger partial charge in [-0.05, 0) is 105 Å². The molecular weight excluding hydrogens is 558 g/mol. The Morgan fingerprint density at radius 3 is 1.48 bits per heavy atom. The number of hydrogen-bond donors (Lipinski definition) is 1. The van der Waals surface area contributed by atoms with Crippen molar-refractivity contribution in [1.82, 2.24) is 0 Å². The first kappa shape index (κ1) is 31.0.